The highest BCUT2D eigenvalue weighted by atomic mass is 32.1. The Balaban J connectivity index is 0.000000579. The zero-order chi connectivity index (χ0) is 36.3. The number of hydrogen-bond acceptors (Lipinski definition) is 8. The summed E-state index contributed by atoms with van der Waals surface area (Å²) in [5.74, 6) is 1.05. The van der Waals surface area contributed by atoms with E-state index in [1.54, 1.807) is 13.1 Å². The van der Waals surface area contributed by atoms with Gasteiger partial charge in [-0.25, -0.2) is 14.4 Å². The number of aromatic nitrogens is 2. The minimum absolute atomic E-state index is 0.0735. The second-order valence-corrected chi connectivity index (χ2v) is 14.4. The molecule has 0 radical (unpaired) electrons. The first-order chi connectivity index (χ1) is 22.8. The lowest BCUT2D eigenvalue weighted by Crippen LogP contribution is -2.33. The Labute approximate surface area is 294 Å². The summed E-state index contributed by atoms with van der Waals surface area (Å²) in [5, 5.41) is 22.4. The number of anilines is 2. The molecule has 0 aliphatic carbocycles. The van der Waals surface area contributed by atoms with Crippen LogP contribution in [0.3, 0.4) is 0 Å². The molecular weight excluding hydrogens is 640 g/mol. The number of allylic oxidation sites excluding steroid dienone is 1. The lowest BCUT2D eigenvalue weighted by molar-refractivity contribution is 0.0443. The van der Waals surface area contributed by atoms with Gasteiger partial charge in [0, 0.05) is 41.5 Å². The number of benzene rings is 1. The molecule has 5 rings (SSSR count). The zero-order valence-corrected chi connectivity index (χ0v) is 32.7. The van der Waals surface area contributed by atoms with Gasteiger partial charge in [-0.2, -0.15) is 5.26 Å². The van der Waals surface area contributed by atoms with Crippen molar-refractivity contribution in [2.75, 3.05) is 23.7 Å². The van der Waals surface area contributed by atoms with Crippen molar-refractivity contribution in [1.82, 2.24) is 9.97 Å². The van der Waals surface area contributed by atoms with Crippen molar-refractivity contribution in [2.45, 2.75) is 114 Å². The van der Waals surface area contributed by atoms with Gasteiger partial charge in [-0.15, -0.1) is 20.6 Å². The maximum absolute atomic E-state index is 14.9. The largest absolute Gasteiger partial charge is 0.389 e. The fourth-order valence-electron chi connectivity index (χ4n) is 5.61. The van der Waals surface area contributed by atoms with Crippen molar-refractivity contribution in [3.8, 4) is 6.07 Å². The first kappa shape index (κ1) is 41.3. The molecule has 3 aromatic rings. The van der Waals surface area contributed by atoms with Gasteiger partial charge in [-0.1, -0.05) is 93.7 Å². The van der Waals surface area contributed by atoms with E-state index in [0.717, 1.165) is 44.6 Å². The third-order valence-corrected chi connectivity index (χ3v) is 10.2. The number of fused-ring (bicyclic) bond motifs is 3. The highest BCUT2D eigenvalue weighted by molar-refractivity contribution is 7.28. The van der Waals surface area contributed by atoms with Crippen LogP contribution in [-0.4, -0.2) is 33.8 Å². The van der Waals surface area contributed by atoms with E-state index in [4.69, 9.17) is 15.5 Å². The van der Waals surface area contributed by atoms with Crippen molar-refractivity contribution in [3.63, 3.8) is 0 Å². The van der Waals surface area contributed by atoms with E-state index >= 15 is 0 Å². The number of ether oxygens (including phenoxy) is 1. The van der Waals surface area contributed by atoms with Gasteiger partial charge in [0.2, 0.25) is 5.95 Å². The highest BCUT2D eigenvalue weighted by Gasteiger charge is 2.40. The Hall–Kier alpha value is -2.89. The smallest absolute Gasteiger partial charge is 0.226 e. The van der Waals surface area contributed by atoms with Crippen LogP contribution in [0.25, 0.3) is 22.3 Å². The molecule has 0 spiro atoms. The van der Waals surface area contributed by atoms with Crippen molar-refractivity contribution in [2.24, 2.45) is 11.8 Å². The topological polar surface area (TPSA) is 108 Å². The van der Waals surface area contributed by atoms with Gasteiger partial charge in [0.05, 0.1) is 34.8 Å². The first-order valence-electron chi connectivity index (χ1n) is 17.3. The van der Waals surface area contributed by atoms with Crippen LogP contribution >= 0.6 is 20.6 Å². The molecule has 0 saturated carbocycles. The fourth-order valence-corrected chi connectivity index (χ4v) is 7.19. The van der Waals surface area contributed by atoms with Crippen LogP contribution in [0.5, 0.6) is 0 Å². The zero-order valence-electron chi connectivity index (χ0n) is 30.8. The van der Waals surface area contributed by atoms with Crippen LogP contribution in [-0.2, 0) is 18.0 Å². The number of unbranched alkanes of at least 4 members (excludes halogenated alkanes) is 1. The fraction of sp³-hybridized carbons (Fsp3) is 0.553. The van der Waals surface area contributed by atoms with E-state index < -0.39 is 11.4 Å². The quantitative estimate of drug-likeness (QED) is 0.237. The summed E-state index contributed by atoms with van der Waals surface area (Å²) in [7, 11) is 2.75. The lowest BCUT2D eigenvalue weighted by Gasteiger charge is -2.21. The van der Waals surface area contributed by atoms with Gasteiger partial charge in [-0.3, -0.25) is 0 Å². The third-order valence-electron chi connectivity index (χ3n) is 8.62. The second kappa shape index (κ2) is 18.8. The van der Waals surface area contributed by atoms with Crippen molar-refractivity contribution >= 4 is 59.1 Å². The van der Waals surface area contributed by atoms with E-state index in [2.05, 4.69) is 61.5 Å². The molecule has 48 heavy (non-hydrogen) atoms. The predicted octanol–water partition coefficient (Wildman–Crippen LogP) is 9.55. The maximum Gasteiger partial charge on any atom is 0.226 e. The number of aliphatic hydroxyl groups is 1. The molecule has 4 heterocycles. The maximum atomic E-state index is 14.9. The molecule has 1 aromatic carbocycles. The molecule has 3 N–H and O–H groups in total. The number of nitriles is 1. The number of halogens is 1. The Kier molecular flexibility index (Phi) is 16.1. The van der Waals surface area contributed by atoms with Gasteiger partial charge < -0.3 is 20.5 Å². The van der Waals surface area contributed by atoms with E-state index in [-0.39, 0.29) is 21.4 Å². The van der Waals surface area contributed by atoms with Crippen molar-refractivity contribution in [3.05, 3.63) is 51.5 Å². The van der Waals surface area contributed by atoms with Crippen LogP contribution in [0.2, 0.25) is 0 Å². The third kappa shape index (κ3) is 9.21. The van der Waals surface area contributed by atoms with Crippen LogP contribution in [0.1, 0.15) is 128 Å². The molecule has 2 aromatic heterocycles. The highest BCUT2D eigenvalue weighted by Crippen LogP contribution is 2.44. The van der Waals surface area contributed by atoms with E-state index in [0.29, 0.717) is 48.9 Å². The summed E-state index contributed by atoms with van der Waals surface area (Å²) in [6.07, 6.45) is 8.50. The number of nitrogens with zero attached hydrogens (tertiary/aromatic N) is 4. The summed E-state index contributed by atoms with van der Waals surface area (Å²) < 4.78 is 20.7. The molecule has 3 unspecified atom stereocenters. The molecular formula is C38H57FN5O2PS. The number of hydrogen-bond donors (Lipinski definition) is 2. The van der Waals surface area contributed by atoms with Gasteiger partial charge >= 0.3 is 0 Å². The van der Waals surface area contributed by atoms with Gasteiger partial charge in [0.1, 0.15) is 16.9 Å². The molecule has 10 heteroatoms. The van der Waals surface area contributed by atoms with Gasteiger partial charge in [0.15, 0.2) is 0 Å². The Morgan fingerprint density at radius 1 is 1.25 bits per heavy atom. The summed E-state index contributed by atoms with van der Waals surface area (Å²) in [6.45, 7) is 26.7. The molecule has 1 fully saturated rings. The standard InChI is InChI=1S/C26H27FN5O2PS.C6H14.C4H10.C2H6/c1-5-18(27)23-20(14(6-28)24(29)36-23)13(3)19-17-10-34-9-16(17)15-7-30-25(31-21(15)22(19)35)32-8-12(2)26(4,33)11-32;1-4-5-6(2)3;1-3-4-2;1-2/h5,7,12,33H,3,8-11,29,35H2,1-2,4H3;6H,4-5H2,1-3H3;3-4H2,1-2H3;1-2H3/b18-5+;;;. The van der Waals surface area contributed by atoms with Crippen LogP contribution in [0.15, 0.2) is 18.9 Å². The Bertz CT molecular complexity index is 1620. The molecule has 7 nitrogen and oxygen atoms in total. The molecule has 3 atom stereocenters. The Morgan fingerprint density at radius 3 is 2.35 bits per heavy atom. The van der Waals surface area contributed by atoms with Crippen molar-refractivity contribution in [1.29, 1.82) is 5.26 Å². The summed E-state index contributed by atoms with van der Waals surface area (Å²) >= 11 is 1.04. The normalized spacial score (nSPS) is 18.3. The summed E-state index contributed by atoms with van der Waals surface area (Å²) in [6, 6.07) is 2.13. The molecule has 2 aliphatic heterocycles. The minimum atomic E-state index is -0.826. The number of β-amino-alcohol motifs (C(OH)–C–C–N with tert-alkyl or cyclic N) is 1. The Morgan fingerprint density at radius 2 is 1.88 bits per heavy atom. The molecule has 264 valence electrons. The number of rotatable bonds is 7. The van der Waals surface area contributed by atoms with Crippen molar-refractivity contribution < 1.29 is 14.2 Å². The monoisotopic (exact) mass is 697 g/mol. The first-order valence-corrected chi connectivity index (χ1v) is 18.7. The predicted molar refractivity (Wildman–Crippen MR) is 207 cm³/mol. The van der Waals surface area contributed by atoms with E-state index in [1.165, 1.54) is 31.8 Å². The molecule has 2 aliphatic rings. The van der Waals surface area contributed by atoms with Gasteiger partial charge in [-0.05, 0) is 42.0 Å². The van der Waals surface area contributed by atoms with Gasteiger partial charge in [0.25, 0.3) is 0 Å². The molecule has 0 bridgehead atoms. The van der Waals surface area contributed by atoms with Crippen LogP contribution in [0.4, 0.5) is 15.3 Å². The average molecular weight is 698 g/mol. The SMILES string of the molecule is C=C(c1c(/C(F)=C\C)sc(N)c1C#N)c1c2c(c3cnc(N4CC(C)C(C)(O)C4)nc3c1P)COC2.CC.CCCC.CCCC(C)C. The number of nitrogen functional groups attached to an aromatic ring is 1. The van der Waals surface area contributed by atoms with E-state index in [9.17, 15) is 14.8 Å². The molecule has 0 amide bonds. The second-order valence-electron chi connectivity index (χ2n) is 12.8. The number of thiophene rings is 1. The number of nitrogens with two attached hydrogens (primary N) is 1. The molecule has 1 saturated heterocycles. The van der Waals surface area contributed by atoms with Crippen LogP contribution in [0, 0.1) is 23.2 Å². The average Bonchev–Trinajstić information content (AvgIpc) is 3.76. The minimum Gasteiger partial charge on any atom is -0.389 e. The van der Waals surface area contributed by atoms with E-state index in [1.807, 2.05) is 32.6 Å². The van der Waals surface area contributed by atoms with Crippen LogP contribution < -0.4 is 15.9 Å². The summed E-state index contributed by atoms with van der Waals surface area (Å²) in [5.41, 5.74) is 9.73. The summed E-state index contributed by atoms with van der Waals surface area (Å²) in [4.78, 5) is 11.8. The lowest BCUT2D eigenvalue weighted by atomic mass is 9.89.